The monoisotopic (exact) mass is 521 g/mol. The Balaban J connectivity index is 2.73. The minimum Gasteiger partial charge on any atom is -0.493 e. The molecule has 0 aliphatic carbocycles. The molecule has 212 valence electrons. The van der Waals surface area contributed by atoms with Crippen LogP contribution in [0.5, 0.6) is 5.75 Å². The first-order valence-corrected chi connectivity index (χ1v) is 13.8. The van der Waals surface area contributed by atoms with Gasteiger partial charge in [0.15, 0.2) is 0 Å². The number of ether oxygens (including phenoxy) is 2. The highest BCUT2D eigenvalue weighted by Gasteiger charge is 2.31. The first kappa shape index (κ1) is 32.9. The van der Waals surface area contributed by atoms with E-state index in [9.17, 15) is 14.7 Å². The zero-order valence-electron chi connectivity index (χ0n) is 23.8. The van der Waals surface area contributed by atoms with Crippen molar-refractivity contribution in [2.45, 2.75) is 85.4 Å². The van der Waals surface area contributed by atoms with Crippen LogP contribution in [0, 0.1) is 23.7 Å². The van der Waals surface area contributed by atoms with Gasteiger partial charge in [0.05, 0.1) is 12.7 Å². The fourth-order valence-corrected chi connectivity index (χ4v) is 4.26. The topological polar surface area (TPSA) is 123 Å². The highest BCUT2D eigenvalue weighted by Crippen LogP contribution is 2.24. The number of rotatable bonds is 19. The van der Waals surface area contributed by atoms with Gasteiger partial charge in [-0.25, -0.2) is 0 Å². The predicted molar refractivity (Wildman–Crippen MR) is 148 cm³/mol. The Hall–Kier alpha value is -2.16. The lowest BCUT2D eigenvalue weighted by molar-refractivity contribution is -0.129. The molecule has 0 aromatic heterocycles. The number of para-hydroxylation sites is 1. The van der Waals surface area contributed by atoms with E-state index in [4.69, 9.17) is 15.2 Å². The van der Waals surface area contributed by atoms with E-state index >= 15 is 0 Å². The molecule has 2 amide bonds. The second kappa shape index (κ2) is 18.2. The van der Waals surface area contributed by atoms with Gasteiger partial charge < -0.3 is 30.9 Å². The molecule has 1 aromatic carbocycles. The third-order valence-corrected chi connectivity index (χ3v) is 6.80. The van der Waals surface area contributed by atoms with Gasteiger partial charge in [-0.05, 0) is 37.2 Å². The van der Waals surface area contributed by atoms with Crippen LogP contribution in [-0.4, -0.2) is 55.9 Å². The molecule has 0 bridgehead atoms. The Kier molecular flexibility index (Phi) is 16.1. The maximum absolute atomic E-state index is 13.1. The van der Waals surface area contributed by atoms with Crippen LogP contribution in [0.25, 0.3) is 0 Å². The van der Waals surface area contributed by atoms with Gasteiger partial charge in [-0.3, -0.25) is 9.59 Å². The van der Waals surface area contributed by atoms with Crippen molar-refractivity contribution in [1.29, 1.82) is 0 Å². The Labute approximate surface area is 224 Å². The molecule has 8 heteroatoms. The van der Waals surface area contributed by atoms with Crippen molar-refractivity contribution in [1.82, 2.24) is 10.6 Å². The molecule has 0 fully saturated rings. The molecular formula is C29H51N3O5. The third-order valence-electron chi connectivity index (χ3n) is 6.80. The summed E-state index contributed by atoms with van der Waals surface area (Å²) in [5.41, 5.74) is 7.25. The molecule has 0 saturated carbocycles. The molecule has 0 radical (unpaired) electrons. The minimum absolute atomic E-state index is 0.0145. The van der Waals surface area contributed by atoms with Crippen LogP contribution in [0.3, 0.4) is 0 Å². The van der Waals surface area contributed by atoms with E-state index in [1.807, 2.05) is 52.0 Å². The average Bonchev–Trinajstić information content (AvgIpc) is 2.86. The van der Waals surface area contributed by atoms with E-state index in [2.05, 4.69) is 17.6 Å². The Morgan fingerprint density at radius 1 is 0.946 bits per heavy atom. The van der Waals surface area contributed by atoms with Gasteiger partial charge in [0.1, 0.15) is 5.75 Å². The zero-order chi connectivity index (χ0) is 27.8. The van der Waals surface area contributed by atoms with Gasteiger partial charge >= 0.3 is 0 Å². The van der Waals surface area contributed by atoms with E-state index in [0.29, 0.717) is 32.7 Å². The maximum atomic E-state index is 13.1. The van der Waals surface area contributed by atoms with Crippen LogP contribution in [0.1, 0.15) is 72.3 Å². The lowest BCUT2D eigenvalue weighted by atomic mass is 9.83. The first-order valence-electron chi connectivity index (χ1n) is 13.8. The number of nitrogens with two attached hydrogens (primary N) is 1. The van der Waals surface area contributed by atoms with Crippen molar-refractivity contribution < 1.29 is 24.2 Å². The van der Waals surface area contributed by atoms with E-state index < -0.39 is 18.1 Å². The Bertz CT molecular complexity index is 787. The number of benzene rings is 1. The summed E-state index contributed by atoms with van der Waals surface area (Å²) in [6.45, 7) is 12.1. The number of unbranched alkanes of at least 4 members (excludes halogenated alkanes) is 1. The number of carbonyl (C=O) groups is 2. The van der Waals surface area contributed by atoms with Crippen LogP contribution in [0.2, 0.25) is 0 Å². The molecule has 0 aliphatic heterocycles. The number of aliphatic hydroxyl groups is 1. The molecule has 4 atom stereocenters. The van der Waals surface area contributed by atoms with Crippen LogP contribution in [0.4, 0.5) is 0 Å². The molecular weight excluding hydrogens is 470 g/mol. The smallest absolute Gasteiger partial charge is 0.223 e. The normalized spacial score (nSPS) is 14.8. The van der Waals surface area contributed by atoms with E-state index in [-0.39, 0.29) is 36.0 Å². The van der Waals surface area contributed by atoms with Crippen LogP contribution in [-0.2, 0) is 20.9 Å². The lowest BCUT2D eigenvalue weighted by Gasteiger charge is -2.29. The lowest BCUT2D eigenvalue weighted by Crippen LogP contribution is -2.45. The summed E-state index contributed by atoms with van der Waals surface area (Å²) in [6, 6.07) is 7.04. The quantitative estimate of drug-likeness (QED) is 0.206. The van der Waals surface area contributed by atoms with Crippen molar-refractivity contribution in [3.63, 3.8) is 0 Å². The van der Waals surface area contributed by atoms with Crippen molar-refractivity contribution in [3.8, 4) is 5.75 Å². The molecule has 8 nitrogen and oxygen atoms in total. The number of hydrogen-bond acceptors (Lipinski definition) is 6. The summed E-state index contributed by atoms with van der Waals surface area (Å²) >= 11 is 0. The van der Waals surface area contributed by atoms with Crippen molar-refractivity contribution in [2.24, 2.45) is 29.4 Å². The van der Waals surface area contributed by atoms with E-state index in [0.717, 1.165) is 30.6 Å². The van der Waals surface area contributed by atoms with Crippen molar-refractivity contribution >= 4 is 11.8 Å². The largest absolute Gasteiger partial charge is 0.493 e. The van der Waals surface area contributed by atoms with Gasteiger partial charge in [-0.2, -0.15) is 0 Å². The number of hydrogen-bond donors (Lipinski definition) is 4. The molecule has 0 spiro atoms. The Morgan fingerprint density at radius 2 is 1.57 bits per heavy atom. The van der Waals surface area contributed by atoms with E-state index in [1.165, 1.54) is 0 Å². The summed E-state index contributed by atoms with van der Waals surface area (Å²) in [7, 11) is 1.66. The first-order chi connectivity index (χ1) is 17.6. The van der Waals surface area contributed by atoms with Gasteiger partial charge in [-0.1, -0.05) is 59.2 Å². The van der Waals surface area contributed by atoms with Gasteiger partial charge in [0.25, 0.3) is 0 Å². The highest BCUT2D eigenvalue weighted by molar-refractivity contribution is 5.79. The van der Waals surface area contributed by atoms with Crippen LogP contribution in [0.15, 0.2) is 24.3 Å². The molecule has 1 aromatic rings. The van der Waals surface area contributed by atoms with Gasteiger partial charge in [0.2, 0.25) is 11.8 Å². The zero-order valence-corrected chi connectivity index (χ0v) is 23.8. The standard InChI is InChI=1S/C29H51N3O5/c1-7-8-14-31-28(34)23(20(2)3)17-25(30)26(33)18-24(21(4)5)29(35)32-19-22-12-9-10-13-27(22)37-16-11-15-36-6/h9-10,12-13,20-21,23-26,33H,7-8,11,14-19,30H2,1-6H3,(H,31,34)(H,32,35)/t23-,24-,25-,26-/m0/s1. The number of aliphatic hydroxyl groups excluding tert-OH is 1. The molecule has 0 unspecified atom stereocenters. The van der Waals surface area contributed by atoms with Crippen LogP contribution >= 0.6 is 0 Å². The Morgan fingerprint density at radius 3 is 2.19 bits per heavy atom. The SMILES string of the molecule is CCCCNC(=O)[C@@H](C[C@H](N)[C@@H](O)C[C@H](C(=O)NCc1ccccc1OCCCOC)C(C)C)C(C)C. The molecule has 0 aliphatic rings. The second-order valence-electron chi connectivity index (χ2n) is 10.6. The fourth-order valence-electron chi connectivity index (χ4n) is 4.26. The highest BCUT2D eigenvalue weighted by atomic mass is 16.5. The molecule has 5 N–H and O–H groups in total. The number of amides is 2. The summed E-state index contributed by atoms with van der Waals surface area (Å²) < 4.78 is 10.9. The molecule has 1 rings (SSSR count). The summed E-state index contributed by atoms with van der Waals surface area (Å²) in [5.74, 6) is 0.000860. The minimum atomic E-state index is -0.890. The number of nitrogens with one attached hydrogen (secondary N) is 2. The fraction of sp³-hybridized carbons (Fsp3) is 0.724. The van der Waals surface area contributed by atoms with E-state index in [1.54, 1.807) is 7.11 Å². The summed E-state index contributed by atoms with van der Waals surface area (Å²) in [4.78, 5) is 25.8. The third kappa shape index (κ3) is 12.3. The number of carbonyl (C=O) groups excluding carboxylic acids is 2. The van der Waals surface area contributed by atoms with Crippen molar-refractivity contribution in [3.05, 3.63) is 29.8 Å². The molecule has 37 heavy (non-hydrogen) atoms. The van der Waals surface area contributed by atoms with Crippen LogP contribution < -0.4 is 21.1 Å². The van der Waals surface area contributed by atoms with Gasteiger partial charge in [-0.15, -0.1) is 0 Å². The van der Waals surface area contributed by atoms with Crippen molar-refractivity contribution in [2.75, 3.05) is 26.9 Å². The van der Waals surface area contributed by atoms with Gasteiger partial charge in [0, 0.05) is 56.7 Å². The second-order valence-corrected chi connectivity index (χ2v) is 10.6. The predicted octanol–water partition coefficient (Wildman–Crippen LogP) is 3.65. The molecule has 0 saturated heterocycles. The summed E-state index contributed by atoms with van der Waals surface area (Å²) in [6.07, 6.45) is 2.44. The number of methoxy groups -OCH3 is 1. The molecule has 0 heterocycles. The maximum Gasteiger partial charge on any atom is 0.223 e. The average molecular weight is 522 g/mol. The summed E-state index contributed by atoms with van der Waals surface area (Å²) in [5, 5.41) is 16.9.